The van der Waals surface area contributed by atoms with E-state index in [-0.39, 0.29) is 18.5 Å². The summed E-state index contributed by atoms with van der Waals surface area (Å²) in [5, 5.41) is 12.2. The van der Waals surface area contributed by atoms with Gasteiger partial charge in [-0.1, -0.05) is 5.16 Å². The van der Waals surface area contributed by atoms with Crippen LogP contribution in [0.5, 0.6) is 0 Å². The van der Waals surface area contributed by atoms with Crippen molar-refractivity contribution in [3.8, 4) is 0 Å². The lowest BCUT2D eigenvalue weighted by atomic mass is 10.2. The highest BCUT2D eigenvalue weighted by molar-refractivity contribution is 7.89. The van der Waals surface area contributed by atoms with Crippen LogP contribution >= 0.6 is 0 Å². The predicted molar refractivity (Wildman–Crippen MR) is 66.5 cm³/mol. The van der Waals surface area contributed by atoms with E-state index in [4.69, 9.17) is 5.11 Å². The Morgan fingerprint density at radius 3 is 2.76 bits per heavy atom. The largest absolute Gasteiger partial charge is 0.478 e. The molecule has 21 heavy (non-hydrogen) atoms. The molecule has 10 heteroatoms. The van der Waals surface area contributed by atoms with Crippen molar-refractivity contribution in [2.45, 2.75) is 11.3 Å². The van der Waals surface area contributed by atoms with Gasteiger partial charge in [-0.05, 0) is 18.2 Å². The van der Waals surface area contributed by atoms with Crippen molar-refractivity contribution < 1.29 is 27.2 Å². The summed E-state index contributed by atoms with van der Waals surface area (Å²) in [6.45, 7) is -0.0536. The SMILES string of the molecule is O=C(O)c1ccc(S(=O)(=O)NCCc2ncon2)c(F)c1. The molecule has 0 aliphatic rings. The van der Waals surface area contributed by atoms with E-state index in [0.717, 1.165) is 18.5 Å². The van der Waals surface area contributed by atoms with E-state index in [1.807, 2.05) is 0 Å². The second-order valence-corrected chi connectivity index (χ2v) is 5.68. The molecule has 0 saturated heterocycles. The first-order valence-corrected chi connectivity index (χ1v) is 7.16. The number of benzene rings is 1. The molecule has 0 aliphatic heterocycles. The van der Waals surface area contributed by atoms with E-state index in [9.17, 15) is 17.6 Å². The number of carbonyl (C=O) groups is 1. The number of halogens is 1. The second kappa shape index (κ2) is 5.97. The molecule has 2 aromatic rings. The van der Waals surface area contributed by atoms with Gasteiger partial charge in [0.15, 0.2) is 5.82 Å². The van der Waals surface area contributed by atoms with Crippen molar-refractivity contribution in [2.75, 3.05) is 6.54 Å². The topological polar surface area (TPSA) is 122 Å². The minimum absolute atomic E-state index is 0.0536. The number of carboxylic acid groups (broad SMARTS) is 1. The number of sulfonamides is 1. The van der Waals surface area contributed by atoms with E-state index in [1.54, 1.807) is 0 Å². The van der Waals surface area contributed by atoms with Crippen LogP contribution in [-0.2, 0) is 16.4 Å². The highest BCUT2D eigenvalue weighted by Crippen LogP contribution is 2.16. The predicted octanol–water partition coefficient (Wildman–Crippen LogP) is 0.428. The van der Waals surface area contributed by atoms with Crippen molar-refractivity contribution >= 4 is 16.0 Å². The van der Waals surface area contributed by atoms with Crippen molar-refractivity contribution in [3.63, 3.8) is 0 Å². The van der Waals surface area contributed by atoms with Crippen LogP contribution < -0.4 is 4.72 Å². The van der Waals surface area contributed by atoms with E-state index >= 15 is 0 Å². The third-order valence-corrected chi connectivity index (χ3v) is 4.01. The average Bonchev–Trinajstić information content (AvgIpc) is 2.91. The summed E-state index contributed by atoms with van der Waals surface area (Å²) in [5.41, 5.74) is -0.335. The first kappa shape index (κ1) is 15.1. The standard InChI is InChI=1S/C11H10FN3O5S/c12-8-5-7(11(16)17)1-2-9(8)21(18,19)14-4-3-10-13-6-20-15-10/h1-2,5-6,14H,3-4H2,(H,16,17). The summed E-state index contributed by atoms with van der Waals surface area (Å²) in [6.07, 6.45) is 1.28. The molecule has 0 atom stereocenters. The molecule has 112 valence electrons. The molecule has 0 aliphatic carbocycles. The number of hydrogen-bond donors (Lipinski definition) is 2. The average molecular weight is 315 g/mol. The van der Waals surface area contributed by atoms with E-state index in [0.29, 0.717) is 11.9 Å². The minimum atomic E-state index is -4.09. The number of rotatable bonds is 6. The van der Waals surface area contributed by atoms with Crippen LogP contribution in [0.25, 0.3) is 0 Å². The van der Waals surface area contributed by atoms with Gasteiger partial charge in [-0.25, -0.2) is 22.3 Å². The highest BCUT2D eigenvalue weighted by Gasteiger charge is 2.20. The number of aromatic carboxylic acids is 1. The maximum Gasteiger partial charge on any atom is 0.335 e. The molecule has 8 nitrogen and oxygen atoms in total. The lowest BCUT2D eigenvalue weighted by Gasteiger charge is -2.07. The Morgan fingerprint density at radius 2 is 2.19 bits per heavy atom. The Morgan fingerprint density at radius 1 is 1.43 bits per heavy atom. The van der Waals surface area contributed by atoms with E-state index in [1.165, 1.54) is 0 Å². The first-order valence-electron chi connectivity index (χ1n) is 5.68. The van der Waals surface area contributed by atoms with E-state index < -0.39 is 26.7 Å². The number of nitrogens with one attached hydrogen (secondary N) is 1. The van der Waals surface area contributed by atoms with Gasteiger partial charge in [-0.3, -0.25) is 0 Å². The summed E-state index contributed by atoms with van der Waals surface area (Å²) in [7, 11) is -4.09. The molecule has 1 aromatic carbocycles. The molecule has 0 spiro atoms. The molecular weight excluding hydrogens is 305 g/mol. The monoisotopic (exact) mass is 315 g/mol. The Balaban J connectivity index is 2.10. The molecule has 2 rings (SSSR count). The molecule has 2 N–H and O–H groups in total. The zero-order chi connectivity index (χ0) is 15.5. The number of carboxylic acids is 1. The molecule has 0 bridgehead atoms. The second-order valence-electron chi connectivity index (χ2n) is 3.95. The van der Waals surface area contributed by atoms with Gasteiger partial charge in [0.25, 0.3) is 0 Å². The molecule has 1 aromatic heterocycles. The van der Waals surface area contributed by atoms with Crippen molar-refractivity contribution in [3.05, 3.63) is 41.8 Å². The molecule has 1 heterocycles. The summed E-state index contributed by atoms with van der Waals surface area (Å²) >= 11 is 0. The maximum absolute atomic E-state index is 13.7. The van der Waals surface area contributed by atoms with Crippen molar-refractivity contribution in [2.24, 2.45) is 0 Å². The van der Waals surface area contributed by atoms with Crippen LogP contribution in [-0.4, -0.2) is 36.2 Å². The number of hydrogen-bond acceptors (Lipinski definition) is 6. The Labute approximate surface area is 118 Å². The van der Waals surface area contributed by atoms with Gasteiger partial charge in [-0.2, -0.15) is 4.98 Å². The Kier molecular flexibility index (Phi) is 4.29. The molecular formula is C11H10FN3O5S. The smallest absolute Gasteiger partial charge is 0.335 e. The zero-order valence-corrected chi connectivity index (χ0v) is 11.3. The summed E-state index contributed by atoms with van der Waals surface area (Å²) in [5.74, 6) is -2.18. The van der Waals surface area contributed by atoms with Gasteiger partial charge in [0.1, 0.15) is 10.7 Å². The fraction of sp³-hybridized carbons (Fsp3) is 0.182. The number of aromatic nitrogens is 2. The third kappa shape index (κ3) is 3.61. The van der Waals surface area contributed by atoms with Crippen molar-refractivity contribution in [1.29, 1.82) is 0 Å². The minimum Gasteiger partial charge on any atom is -0.478 e. The summed E-state index contributed by atoms with van der Waals surface area (Å²) < 4.78 is 44.1. The van der Waals surface area contributed by atoms with Gasteiger partial charge in [0, 0.05) is 13.0 Å². The number of nitrogens with zero attached hydrogens (tertiary/aromatic N) is 2. The van der Waals surface area contributed by atoms with Gasteiger partial charge >= 0.3 is 5.97 Å². The fourth-order valence-corrected chi connectivity index (χ4v) is 2.62. The normalized spacial score (nSPS) is 11.5. The van der Waals surface area contributed by atoms with E-state index in [2.05, 4.69) is 19.4 Å². The highest BCUT2D eigenvalue weighted by atomic mass is 32.2. The maximum atomic E-state index is 13.7. The van der Waals surface area contributed by atoms with Gasteiger partial charge < -0.3 is 9.63 Å². The quantitative estimate of drug-likeness (QED) is 0.792. The Hall–Kier alpha value is -2.33. The molecule has 0 saturated carbocycles. The van der Waals surface area contributed by atoms with Gasteiger partial charge in [0.05, 0.1) is 5.56 Å². The summed E-state index contributed by atoms with van der Waals surface area (Å²) in [4.78, 5) is 13.7. The Bertz CT molecular complexity index is 745. The van der Waals surface area contributed by atoms with Crippen LogP contribution in [0.1, 0.15) is 16.2 Å². The first-order chi connectivity index (χ1) is 9.90. The van der Waals surface area contributed by atoms with Crippen LogP contribution in [0.15, 0.2) is 34.0 Å². The molecule has 0 amide bonds. The van der Waals surface area contributed by atoms with Crippen molar-refractivity contribution in [1.82, 2.24) is 14.9 Å². The van der Waals surface area contributed by atoms with Crippen LogP contribution in [0.4, 0.5) is 4.39 Å². The zero-order valence-electron chi connectivity index (χ0n) is 10.5. The lowest BCUT2D eigenvalue weighted by Crippen LogP contribution is -2.27. The lowest BCUT2D eigenvalue weighted by molar-refractivity contribution is 0.0696. The summed E-state index contributed by atoms with van der Waals surface area (Å²) in [6, 6.07) is 2.56. The third-order valence-electron chi connectivity index (χ3n) is 2.52. The van der Waals surface area contributed by atoms with Crippen LogP contribution in [0.2, 0.25) is 0 Å². The fourth-order valence-electron chi connectivity index (χ4n) is 1.53. The van der Waals surface area contributed by atoms with Crippen LogP contribution in [0.3, 0.4) is 0 Å². The van der Waals surface area contributed by atoms with Gasteiger partial charge in [0.2, 0.25) is 16.4 Å². The molecule has 0 unspecified atom stereocenters. The molecule has 0 fully saturated rings. The van der Waals surface area contributed by atoms with Gasteiger partial charge in [-0.15, -0.1) is 0 Å². The van der Waals surface area contributed by atoms with Crippen LogP contribution in [0, 0.1) is 5.82 Å². The molecule has 0 radical (unpaired) electrons.